The second-order valence-corrected chi connectivity index (χ2v) is 8.46. The average Bonchev–Trinajstić information content (AvgIpc) is 3.32. The van der Waals surface area contributed by atoms with E-state index in [1.54, 1.807) is 11.3 Å². The van der Waals surface area contributed by atoms with Crippen LogP contribution in [0.2, 0.25) is 0 Å². The maximum Gasteiger partial charge on any atom is 0.243 e. The van der Waals surface area contributed by atoms with Gasteiger partial charge in [0.05, 0.1) is 16.8 Å². The molecule has 1 aliphatic heterocycles. The first kappa shape index (κ1) is 16.5. The van der Waals surface area contributed by atoms with Crippen LogP contribution < -0.4 is 0 Å². The summed E-state index contributed by atoms with van der Waals surface area (Å²) in [6.45, 7) is 0.312. The van der Waals surface area contributed by atoms with Gasteiger partial charge in [-0.25, -0.2) is 0 Å². The van der Waals surface area contributed by atoms with E-state index >= 15 is 0 Å². The Morgan fingerprint density at radius 2 is 1.81 bits per heavy atom. The number of benzene rings is 2. The monoisotopic (exact) mass is 394 g/mol. The molecule has 5 rings (SSSR count). The summed E-state index contributed by atoms with van der Waals surface area (Å²) in [5.74, 6) is -0.303. The van der Waals surface area contributed by atoms with Gasteiger partial charge in [-0.2, -0.15) is 0 Å². The van der Waals surface area contributed by atoms with Crippen molar-refractivity contribution >= 4 is 50.1 Å². The number of likely N-dealkylation sites (tertiary alicyclic amines) is 1. The van der Waals surface area contributed by atoms with Crippen LogP contribution in [0.25, 0.3) is 15.2 Å². The Kier molecular flexibility index (Phi) is 3.95. The van der Waals surface area contributed by atoms with Gasteiger partial charge in [-0.3, -0.25) is 18.9 Å². The first-order valence-electron chi connectivity index (χ1n) is 8.48. The fourth-order valence-electron chi connectivity index (χ4n) is 3.24. The van der Waals surface area contributed by atoms with Gasteiger partial charge in [0.1, 0.15) is 5.25 Å². The molecule has 6 nitrogen and oxygen atoms in total. The lowest BCUT2D eigenvalue weighted by Crippen LogP contribution is -2.30. The van der Waals surface area contributed by atoms with Gasteiger partial charge in [0, 0.05) is 6.42 Å². The van der Waals surface area contributed by atoms with Gasteiger partial charge in [0.2, 0.25) is 16.8 Å². The van der Waals surface area contributed by atoms with Crippen molar-refractivity contribution in [2.75, 3.05) is 0 Å². The standard InChI is InChI=1S/C19H14N4O2S2/c24-16-10-15(17(25)22(16)11-12-6-2-1-3-7-12)27-19-21-20-18-23(19)13-8-4-5-9-14(13)26-18/h1-9,15H,10-11H2/t15-/m1/s1. The number of imide groups is 1. The van der Waals surface area contributed by atoms with E-state index in [1.165, 1.54) is 16.7 Å². The van der Waals surface area contributed by atoms with Crippen molar-refractivity contribution < 1.29 is 9.59 Å². The van der Waals surface area contributed by atoms with Crippen molar-refractivity contribution in [1.29, 1.82) is 0 Å². The largest absolute Gasteiger partial charge is 0.277 e. The van der Waals surface area contributed by atoms with Crippen LogP contribution in [0.15, 0.2) is 59.8 Å². The summed E-state index contributed by atoms with van der Waals surface area (Å²) >= 11 is 2.87. The maximum absolute atomic E-state index is 12.8. The zero-order chi connectivity index (χ0) is 18.4. The highest BCUT2D eigenvalue weighted by Gasteiger charge is 2.40. The van der Waals surface area contributed by atoms with Gasteiger partial charge >= 0.3 is 0 Å². The fraction of sp³-hybridized carbons (Fsp3) is 0.158. The maximum atomic E-state index is 12.8. The van der Waals surface area contributed by atoms with Gasteiger partial charge in [-0.15, -0.1) is 10.2 Å². The quantitative estimate of drug-likeness (QED) is 0.497. The first-order valence-corrected chi connectivity index (χ1v) is 10.2. The molecule has 0 unspecified atom stereocenters. The summed E-state index contributed by atoms with van der Waals surface area (Å²) in [7, 11) is 0. The van der Waals surface area contributed by atoms with Crippen LogP contribution in [0, 0.1) is 0 Å². The van der Waals surface area contributed by atoms with E-state index in [0.717, 1.165) is 20.7 Å². The number of nitrogens with zero attached hydrogens (tertiary/aromatic N) is 4. The van der Waals surface area contributed by atoms with E-state index in [1.807, 2.05) is 59.0 Å². The van der Waals surface area contributed by atoms with E-state index in [9.17, 15) is 9.59 Å². The number of amides is 2. The number of carbonyl (C=O) groups excluding carboxylic acids is 2. The Morgan fingerprint density at radius 1 is 1.04 bits per heavy atom. The molecule has 8 heteroatoms. The molecule has 2 aromatic carbocycles. The first-order chi connectivity index (χ1) is 13.2. The van der Waals surface area contributed by atoms with Crippen molar-refractivity contribution in [3.05, 3.63) is 60.2 Å². The van der Waals surface area contributed by atoms with Crippen LogP contribution >= 0.6 is 23.1 Å². The molecule has 2 aromatic heterocycles. The number of thiazole rings is 1. The minimum atomic E-state index is -0.465. The minimum Gasteiger partial charge on any atom is -0.277 e. The van der Waals surface area contributed by atoms with Crippen LogP contribution in [0.3, 0.4) is 0 Å². The van der Waals surface area contributed by atoms with Crippen molar-refractivity contribution in [1.82, 2.24) is 19.5 Å². The zero-order valence-corrected chi connectivity index (χ0v) is 15.7. The van der Waals surface area contributed by atoms with Gasteiger partial charge in [0.15, 0.2) is 5.16 Å². The molecule has 0 N–H and O–H groups in total. The van der Waals surface area contributed by atoms with E-state index in [0.29, 0.717) is 11.7 Å². The molecule has 2 amide bonds. The molecule has 1 saturated heterocycles. The van der Waals surface area contributed by atoms with E-state index < -0.39 is 5.25 Å². The number of hydrogen-bond donors (Lipinski definition) is 0. The number of carbonyl (C=O) groups is 2. The summed E-state index contributed by atoms with van der Waals surface area (Å²) in [5, 5.41) is 8.65. The minimum absolute atomic E-state index is 0.141. The van der Waals surface area contributed by atoms with Crippen LogP contribution in [-0.2, 0) is 16.1 Å². The molecule has 27 heavy (non-hydrogen) atoms. The van der Waals surface area contributed by atoms with Crippen LogP contribution in [0.1, 0.15) is 12.0 Å². The molecule has 4 aromatic rings. The van der Waals surface area contributed by atoms with Crippen LogP contribution in [0.5, 0.6) is 0 Å². The van der Waals surface area contributed by atoms with Crippen molar-refractivity contribution in [2.45, 2.75) is 23.4 Å². The molecule has 1 aliphatic rings. The number of fused-ring (bicyclic) bond motifs is 3. The lowest BCUT2D eigenvalue weighted by molar-refractivity contribution is -0.138. The average molecular weight is 394 g/mol. The van der Waals surface area contributed by atoms with Gasteiger partial charge in [0.25, 0.3) is 0 Å². The third kappa shape index (κ3) is 2.81. The number of para-hydroxylation sites is 1. The second kappa shape index (κ2) is 6.47. The van der Waals surface area contributed by atoms with Crippen LogP contribution in [-0.4, -0.2) is 36.6 Å². The lowest BCUT2D eigenvalue weighted by atomic mass is 10.2. The Balaban J connectivity index is 1.42. The molecule has 0 spiro atoms. The number of rotatable bonds is 4. The predicted molar refractivity (Wildman–Crippen MR) is 105 cm³/mol. The third-order valence-electron chi connectivity index (χ3n) is 4.54. The molecule has 3 heterocycles. The third-order valence-corrected chi connectivity index (χ3v) is 6.68. The summed E-state index contributed by atoms with van der Waals surface area (Å²) in [4.78, 5) is 27.4. The molecule has 0 bridgehead atoms. The topological polar surface area (TPSA) is 67.6 Å². The zero-order valence-electron chi connectivity index (χ0n) is 14.1. The molecule has 134 valence electrons. The molecule has 1 fully saturated rings. The van der Waals surface area contributed by atoms with E-state index in [2.05, 4.69) is 10.2 Å². The predicted octanol–water partition coefficient (Wildman–Crippen LogP) is 3.36. The Morgan fingerprint density at radius 3 is 2.67 bits per heavy atom. The SMILES string of the molecule is O=C1C[C@@H](Sc2nnc3sc4ccccc4n23)C(=O)N1Cc1ccccc1. The van der Waals surface area contributed by atoms with Gasteiger partial charge in [-0.05, 0) is 17.7 Å². The van der Waals surface area contributed by atoms with Gasteiger partial charge < -0.3 is 0 Å². The second-order valence-electron chi connectivity index (χ2n) is 6.28. The molecule has 1 atom stereocenters. The highest BCUT2D eigenvalue weighted by molar-refractivity contribution is 8.00. The fourth-order valence-corrected chi connectivity index (χ4v) is 5.35. The van der Waals surface area contributed by atoms with E-state index in [4.69, 9.17) is 0 Å². The van der Waals surface area contributed by atoms with Crippen molar-refractivity contribution in [3.8, 4) is 0 Å². The number of thioether (sulfide) groups is 1. The Bertz CT molecular complexity index is 1170. The van der Waals surface area contributed by atoms with Gasteiger partial charge in [-0.1, -0.05) is 65.6 Å². The summed E-state index contributed by atoms with van der Waals surface area (Å²) in [5.41, 5.74) is 1.96. The number of hydrogen-bond acceptors (Lipinski definition) is 6. The summed E-state index contributed by atoms with van der Waals surface area (Å²) in [6, 6.07) is 17.6. The van der Waals surface area contributed by atoms with Crippen molar-refractivity contribution in [2.24, 2.45) is 0 Å². The Labute approximate surface area is 162 Å². The smallest absolute Gasteiger partial charge is 0.243 e. The molecule has 0 saturated carbocycles. The molecule has 0 radical (unpaired) electrons. The molecule has 0 aliphatic carbocycles. The summed E-state index contributed by atoms with van der Waals surface area (Å²) < 4.78 is 3.08. The summed E-state index contributed by atoms with van der Waals surface area (Å²) in [6.07, 6.45) is 0.188. The lowest BCUT2D eigenvalue weighted by Gasteiger charge is -2.14. The highest BCUT2D eigenvalue weighted by atomic mass is 32.2. The van der Waals surface area contributed by atoms with E-state index in [-0.39, 0.29) is 18.2 Å². The van der Waals surface area contributed by atoms with Crippen molar-refractivity contribution in [3.63, 3.8) is 0 Å². The van der Waals surface area contributed by atoms with Crippen LogP contribution in [0.4, 0.5) is 0 Å². The molecular weight excluding hydrogens is 380 g/mol. The normalized spacial score (nSPS) is 17.5. The number of aromatic nitrogens is 3. The molecular formula is C19H14N4O2S2. The highest BCUT2D eigenvalue weighted by Crippen LogP contribution is 2.35. The Hall–Kier alpha value is -2.71.